The van der Waals surface area contributed by atoms with Crippen LogP contribution in [0.4, 0.5) is 5.69 Å². The van der Waals surface area contributed by atoms with Gasteiger partial charge < -0.3 is 5.32 Å². The van der Waals surface area contributed by atoms with E-state index in [0.717, 1.165) is 5.56 Å². The van der Waals surface area contributed by atoms with E-state index in [9.17, 15) is 14.9 Å². The summed E-state index contributed by atoms with van der Waals surface area (Å²) in [5.41, 5.74) is 2.69. The monoisotopic (exact) mass is 340 g/mol. The first-order valence-electron chi connectivity index (χ1n) is 8.44. The van der Waals surface area contributed by atoms with Crippen molar-refractivity contribution < 1.29 is 9.72 Å². The van der Waals surface area contributed by atoms with E-state index < -0.39 is 4.92 Å². The number of amides is 1. The molecule has 0 radical (unpaired) electrons. The van der Waals surface area contributed by atoms with Gasteiger partial charge in [0.15, 0.2) is 0 Å². The summed E-state index contributed by atoms with van der Waals surface area (Å²) in [4.78, 5) is 22.7. The summed E-state index contributed by atoms with van der Waals surface area (Å²) in [7, 11) is 0. The maximum atomic E-state index is 12.5. The first-order valence-corrected chi connectivity index (χ1v) is 8.44. The molecule has 2 aromatic rings. The molecule has 2 rings (SSSR count). The number of nitro groups is 1. The van der Waals surface area contributed by atoms with E-state index in [4.69, 9.17) is 0 Å². The van der Waals surface area contributed by atoms with Crippen LogP contribution in [0.3, 0.4) is 0 Å². The second kappa shape index (κ2) is 7.92. The van der Waals surface area contributed by atoms with E-state index in [2.05, 4.69) is 57.3 Å². The first-order chi connectivity index (χ1) is 11.8. The lowest BCUT2D eigenvalue weighted by Gasteiger charge is -2.23. The van der Waals surface area contributed by atoms with Gasteiger partial charge in [-0.25, -0.2) is 0 Å². The highest BCUT2D eigenvalue weighted by Gasteiger charge is 2.20. The van der Waals surface area contributed by atoms with E-state index >= 15 is 0 Å². The largest absolute Gasteiger partial charge is 0.345 e. The molecule has 0 aliphatic rings. The van der Waals surface area contributed by atoms with E-state index in [0.29, 0.717) is 11.5 Å². The van der Waals surface area contributed by atoms with Gasteiger partial charge in [-0.3, -0.25) is 14.9 Å². The van der Waals surface area contributed by atoms with Crippen LogP contribution < -0.4 is 5.32 Å². The molecule has 25 heavy (non-hydrogen) atoms. The highest BCUT2D eigenvalue weighted by molar-refractivity contribution is 5.94. The predicted octanol–water partition coefficient (Wildman–Crippen LogP) is 4.85. The minimum absolute atomic E-state index is 0.0266. The lowest BCUT2D eigenvalue weighted by molar-refractivity contribution is -0.384. The van der Waals surface area contributed by atoms with Crippen molar-refractivity contribution in [2.75, 3.05) is 0 Å². The number of rotatable bonds is 6. The summed E-state index contributed by atoms with van der Waals surface area (Å²) in [5, 5.41) is 13.8. The van der Waals surface area contributed by atoms with Crippen LogP contribution in [0.25, 0.3) is 0 Å². The van der Waals surface area contributed by atoms with Crippen LogP contribution >= 0.6 is 0 Å². The zero-order chi connectivity index (χ0) is 18.6. The number of hydrogen-bond acceptors (Lipinski definition) is 3. The number of nitrogens with one attached hydrogen (secondary N) is 1. The topological polar surface area (TPSA) is 72.2 Å². The van der Waals surface area contributed by atoms with E-state index in [-0.39, 0.29) is 23.6 Å². The van der Waals surface area contributed by atoms with Crippen molar-refractivity contribution in [3.8, 4) is 0 Å². The second-order valence-electron chi connectivity index (χ2n) is 6.82. The van der Waals surface area contributed by atoms with Crippen LogP contribution in [0.15, 0.2) is 48.5 Å². The maximum Gasteiger partial charge on any atom is 0.269 e. The van der Waals surface area contributed by atoms with Gasteiger partial charge in [0, 0.05) is 17.7 Å². The molecule has 0 aliphatic heterocycles. The molecule has 0 aromatic heterocycles. The van der Waals surface area contributed by atoms with Gasteiger partial charge in [-0.15, -0.1) is 0 Å². The molecule has 2 aromatic carbocycles. The third-order valence-electron chi connectivity index (χ3n) is 4.26. The van der Waals surface area contributed by atoms with Crippen molar-refractivity contribution in [2.24, 2.45) is 5.92 Å². The Morgan fingerprint density at radius 1 is 0.920 bits per heavy atom. The Kier molecular flexibility index (Phi) is 5.91. The van der Waals surface area contributed by atoms with Gasteiger partial charge in [-0.1, -0.05) is 52.0 Å². The van der Waals surface area contributed by atoms with Crippen LogP contribution in [-0.4, -0.2) is 10.8 Å². The van der Waals surface area contributed by atoms with Crippen molar-refractivity contribution in [3.05, 3.63) is 75.3 Å². The molecule has 0 saturated carbocycles. The molecule has 5 nitrogen and oxygen atoms in total. The molecule has 0 aliphatic carbocycles. The highest BCUT2D eigenvalue weighted by Crippen LogP contribution is 2.24. The Morgan fingerprint density at radius 2 is 1.44 bits per heavy atom. The molecule has 1 N–H and O–H groups in total. The third kappa shape index (κ3) is 4.66. The van der Waals surface area contributed by atoms with Crippen molar-refractivity contribution in [1.29, 1.82) is 0 Å². The normalized spacial score (nSPS) is 12.2. The Hall–Kier alpha value is -2.69. The second-order valence-corrected chi connectivity index (χ2v) is 6.82. The smallest absolute Gasteiger partial charge is 0.269 e. The van der Waals surface area contributed by atoms with Gasteiger partial charge >= 0.3 is 0 Å². The predicted molar refractivity (Wildman–Crippen MR) is 98.7 cm³/mol. The number of carbonyl (C=O) groups excluding carboxylic acids is 1. The van der Waals surface area contributed by atoms with Crippen LogP contribution in [-0.2, 0) is 0 Å². The maximum absolute atomic E-state index is 12.5. The molecule has 0 saturated heterocycles. The number of benzene rings is 2. The Labute approximate surface area is 148 Å². The fourth-order valence-electron chi connectivity index (χ4n) is 2.68. The van der Waals surface area contributed by atoms with Gasteiger partial charge in [0.2, 0.25) is 0 Å². The Bertz CT molecular complexity index is 735. The Morgan fingerprint density at radius 3 is 1.88 bits per heavy atom. The Balaban J connectivity index is 2.17. The molecule has 0 heterocycles. The standard InChI is InChI=1S/C20H24N2O3/c1-13(2)15-5-7-16(8-6-15)19(14(3)4)21-20(23)17-9-11-18(12-10-17)22(24)25/h5-14,19H,1-4H3,(H,21,23)/t19-/m1/s1. The molecular formula is C20H24N2O3. The summed E-state index contributed by atoms with van der Waals surface area (Å²) in [5.74, 6) is 0.440. The number of hydrogen-bond donors (Lipinski definition) is 1. The number of carbonyl (C=O) groups is 1. The number of non-ortho nitro benzene ring substituents is 1. The molecule has 5 heteroatoms. The van der Waals surface area contributed by atoms with Crippen LogP contribution in [0.2, 0.25) is 0 Å². The fourth-order valence-corrected chi connectivity index (χ4v) is 2.68. The zero-order valence-corrected chi connectivity index (χ0v) is 15.0. The molecule has 0 fully saturated rings. The molecule has 0 unspecified atom stereocenters. The van der Waals surface area contributed by atoms with Crippen molar-refractivity contribution in [2.45, 2.75) is 39.7 Å². The zero-order valence-electron chi connectivity index (χ0n) is 15.0. The van der Waals surface area contributed by atoms with Crippen molar-refractivity contribution >= 4 is 11.6 Å². The molecule has 1 amide bonds. The van der Waals surface area contributed by atoms with Crippen molar-refractivity contribution in [1.82, 2.24) is 5.32 Å². The van der Waals surface area contributed by atoms with Gasteiger partial charge in [0.1, 0.15) is 0 Å². The minimum Gasteiger partial charge on any atom is -0.345 e. The minimum atomic E-state index is -0.477. The summed E-state index contributed by atoms with van der Waals surface area (Å²) in [6.07, 6.45) is 0. The van der Waals surface area contributed by atoms with E-state index in [1.807, 2.05) is 0 Å². The quantitative estimate of drug-likeness (QED) is 0.604. The molecule has 0 spiro atoms. The SMILES string of the molecule is CC(C)c1ccc([C@H](NC(=O)c2ccc([N+](=O)[O-])cc2)C(C)C)cc1. The van der Waals surface area contributed by atoms with Gasteiger partial charge in [0.05, 0.1) is 11.0 Å². The molecule has 132 valence electrons. The van der Waals surface area contributed by atoms with Crippen LogP contribution in [0.1, 0.15) is 61.1 Å². The third-order valence-corrected chi connectivity index (χ3v) is 4.26. The summed E-state index contributed by atoms with van der Waals surface area (Å²) < 4.78 is 0. The molecular weight excluding hydrogens is 316 g/mol. The van der Waals surface area contributed by atoms with E-state index in [1.165, 1.54) is 29.8 Å². The van der Waals surface area contributed by atoms with Gasteiger partial charge in [0.25, 0.3) is 11.6 Å². The highest BCUT2D eigenvalue weighted by atomic mass is 16.6. The summed E-state index contributed by atoms with van der Waals surface area (Å²) in [6.45, 7) is 8.39. The van der Waals surface area contributed by atoms with Crippen molar-refractivity contribution in [3.63, 3.8) is 0 Å². The lowest BCUT2D eigenvalue weighted by Crippen LogP contribution is -2.31. The number of nitro benzene ring substituents is 1. The summed E-state index contributed by atoms with van der Waals surface area (Å²) in [6, 6.07) is 13.8. The van der Waals surface area contributed by atoms with E-state index in [1.54, 1.807) is 0 Å². The number of nitrogens with zero attached hydrogens (tertiary/aromatic N) is 1. The first kappa shape index (κ1) is 18.6. The van der Waals surface area contributed by atoms with Gasteiger partial charge in [-0.2, -0.15) is 0 Å². The summed E-state index contributed by atoms with van der Waals surface area (Å²) >= 11 is 0. The van der Waals surface area contributed by atoms with Crippen LogP contribution in [0, 0.1) is 16.0 Å². The lowest BCUT2D eigenvalue weighted by atomic mass is 9.93. The molecule has 1 atom stereocenters. The fraction of sp³-hybridized carbons (Fsp3) is 0.350. The van der Waals surface area contributed by atoms with Crippen LogP contribution in [0.5, 0.6) is 0 Å². The molecule has 0 bridgehead atoms. The van der Waals surface area contributed by atoms with Gasteiger partial charge in [-0.05, 0) is 35.1 Å². The average molecular weight is 340 g/mol. The average Bonchev–Trinajstić information content (AvgIpc) is 2.59.